The minimum atomic E-state index is -4.19. The first-order chi connectivity index (χ1) is 9.74. The summed E-state index contributed by atoms with van der Waals surface area (Å²) in [5.74, 6) is -1.40. The summed E-state index contributed by atoms with van der Waals surface area (Å²) in [6.45, 7) is 0.150. The molecule has 1 aromatic carbocycles. The number of nitrogens with one attached hydrogen (secondary N) is 1. The average Bonchev–Trinajstić information content (AvgIpc) is 2.38. The number of nitrogen functional groups attached to an aromatic ring is 1. The molecule has 0 radical (unpaired) electrons. The topological polar surface area (TPSA) is 64.3 Å². The average molecular weight is 308 g/mol. The van der Waals surface area contributed by atoms with Gasteiger partial charge in [0.2, 0.25) is 0 Å². The lowest BCUT2D eigenvalue weighted by Gasteiger charge is -2.11. The molecule has 0 spiro atoms. The van der Waals surface area contributed by atoms with Crippen LogP contribution in [0.4, 0.5) is 28.9 Å². The standard InChI is InChI=1S/C13H16F4N2O2/c1-21-12(20)8-6-11(9(14)7-10(8)18)19-5-3-2-4-13(15,16)17/h6-7,19H,2-5,18H2,1H3. The molecule has 0 unspecified atom stereocenters. The molecule has 0 bridgehead atoms. The Labute approximate surface area is 119 Å². The Morgan fingerprint density at radius 1 is 1.33 bits per heavy atom. The second-order valence-electron chi connectivity index (χ2n) is 4.41. The van der Waals surface area contributed by atoms with Gasteiger partial charge < -0.3 is 15.8 Å². The Morgan fingerprint density at radius 2 is 2.00 bits per heavy atom. The van der Waals surface area contributed by atoms with E-state index in [2.05, 4.69) is 10.1 Å². The van der Waals surface area contributed by atoms with E-state index in [9.17, 15) is 22.4 Å². The molecular formula is C13H16F4N2O2. The molecule has 0 heterocycles. The van der Waals surface area contributed by atoms with Gasteiger partial charge in [-0.05, 0) is 25.0 Å². The van der Waals surface area contributed by atoms with E-state index in [1.165, 1.54) is 6.07 Å². The van der Waals surface area contributed by atoms with Crippen LogP contribution in [0.15, 0.2) is 12.1 Å². The van der Waals surface area contributed by atoms with Crippen molar-refractivity contribution in [3.63, 3.8) is 0 Å². The third-order valence-electron chi connectivity index (χ3n) is 2.75. The fraction of sp³-hybridized carbons (Fsp3) is 0.462. The molecule has 0 fully saturated rings. The van der Waals surface area contributed by atoms with Gasteiger partial charge in [0.1, 0.15) is 5.82 Å². The van der Waals surface area contributed by atoms with Crippen LogP contribution < -0.4 is 11.1 Å². The second kappa shape index (κ2) is 7.14. The van der Waals surface area contributed by atoms with Gasteiger partial charge in [-0.1, -0.05) is 0 Å². The number of hydrogen-bond acceptors (Lipinski definition) is 4. The van der Waals surface area contributed by atoms with E-state index in [0.717, 1.165) is 13.2 Å². The Balaban J connectivity index is 2.61. The number of esters is 1. The lowest BCUT2D eigenvalue weighted by molar-refractivity contribution is -0.135. The predicted octanol–water partition coefficient (Wildman–Crippen LogP) is 3.34. The summed E-state index contributed by atoms with van der Waals surface area (Å²) in [5, 5.41) is 2.64. The van der Waals surface area contributed by atoms with Gasteiger partial charge in [-0.3, -0.25) is 0 Å². The van der Waals surface area contributed by atoms with Gasteiger partial charge in [-0.2, -0.15) is 13.2 Å². The first-order valence-electron chi connectivity index (χ1n) is 6.22. The molecule has 0 amide bonds. The molecule has 0 aromatic heterocycles. The highest BCUT2D eigenvalue weighted by Gasteiger charge is 2.25. The van der Waals surface area contributed by atoms with E-state index in [0.29, 0.717) is 0 Å². The van der Waals surface area contributed by atoms with Crippen molar-refractivity contribution >= 4 is 17.3 Å². The van der Waals surface area contributed by atoms with E-state index < -0.39 is 24.4 Å². The third-order valence-corrected chi connectivity index (χ3v) is 2.75. The molecule has 21 heavy (non-hydrogen) atoms. The minimum absolute atomic E-state index is 0.00306. The largest absolute Gasteiger partial charge is 0.465 e. The van der Waals surface area contributed by atoms with Crippen molar-refractivity contribution < 1.29 is 27.1 Å². The molecule has 0 aliphatic rings. The van der Waals surface area contributed by atoms with Crippen LogP contribution in [0.25, 0.3) is 0 Å². The van der Waals surface area contributed by atoms with Crippen LogP contribution >= 0.6 is 0 Å². The lowest BCUT2D eigenvalue weighted by Crippen LogP contribution is -2.11. The summed E-state index contributed by atoms with van der Waals surface area (Å²) in [6, 6.07) is 2.14. The van der Waals surface area contributed by atoms with Gasteiger partial charge in [0.25, 0.3) is 0 Å². The number of methoxy groups -OCH3 is 1. The zero-order valence-corrected chi connectivity index (χ0v) is 11.4. The number of ether oxygens (including phenoxy) is 1. The highest BCUT2D eigenvalue weighted by Crippen LogP contribution is 2.24. The summed E-state index contributed by atoms with van der Waals surface area (Å²) in [7, 11) is 1.16. The molecule has 0 saturated carbocycles. The Morgan fingerprint density at radius 3 is 2.57 bits per heavy atom. The normalized spacial score (nSPS) is 11.3. The molecule has 1 aromatic rings. The molecule has 8 heteroatoms. The molecular weight excluding hydrogens is 292 g/mol. The van der Waals surface area contributed by atoms with Gasteiger partial charge in [0, 0.05) is 18.7 Å². The highest BCUT2D eigenvalue weighted by atomic mass is 19.4. The van der Waals surface area contributed by atoms with Crippen LogP contribution in [0.2, 0.25) is 0 Å². The van der Waals surface area contributed by atoms with Gasteiger partial charge in [-0.25, -0.2) is 9.18 Å². The maximum atomic E-state index is 13.6. The fourth-order valence-corrected chi connectivity index (χ4v) is 1.68. The van der Waals surface area contributed by atoms with Crippen molar-refractivity contribution in [2.45, 2.75) is 25.4 Å². The van der Waals surface area contributed by atoms with Gasteiger partial charge in [0.15, 0.2) is 0 Å². The predicted molar refractivity (Wildman–Crippen MR) is 70.5 cm³/mol. The monoisotopic (exact) mass is 308 g/mol. The number of alkyl halides is 3. The van der Waals surface area contributed by atoms with Crippen LogP contribution in [0.5, 0.6) is 0 Å². The summed E-state index contributed by atoms with van der Waals surface area (Å²) in [5.41, 5.74) is 5.42. The van der Waals surface area contributed by atoms with Crippen LogP contribution in [0.1, 0.15) is 29.6 Å². The van der Waals surface area contributed by atoms with Gasteiger partial charge in [0.05, 0.1) is 18.4 Å². The molecule has 1 rings (SSSR count). The number of carbonyl (C=O) groups is 1. The number of halogens is 4. The number of nitrogens with two attached hydrogens (primary N) is 1. The number of hydrogen-bond donors (Lipinski definition) is 2. The lowest BCUT2D eigenvalue weighted by atomic mass is 10.1. The number of rotatable bonds is 6. The Hall–Kier alpha value is -1.99. The maximum absolute atomic E-state index is 13.6. The summed E-state index contributed by atoms with van der Waals surface area (Å²) < 4.78 is 54.0. The highest BCUT2D eigenvalue weighted by molar-refractivity contribution is 5.96. The minimum Gasteiger partial charge on any atom is -0.465 e. The van der Waals surface area contributed by atoms with Gasteiger partial charge in [-0.15, -0.1) is 0 Å². The first kappa shape index (κ1) is 17.1. The zero-order valence-electron chi connectivity index (χ0n) is 11.4. The summed E-state index contributed by atoms with van der Waals surface area (Å²) in [6.07, 6.45) is -4.91. The number of carbonyl (C=O) groups excluding carboxylic acids is 1. The van der Waals surface area contributed by atoms with Crippen molar-refractivity contribution in [3.05, 3.63) is 23.5 Å². The molecule has 0 aliphatic heterocycles. The van der Waals surface area contributed by atoms with E-state index in [4.69, 9.17) is 5.73 Å². The molecule has 0 atom stereocenters. The van der Waals surface area contributed by atoms with Crippen molar-refractivity contribution in [1.82, 2.24) is 0 Å². The van der Waals surface area contributed by atoms with Crippen molar-refractivity contribution in [2.24, 2.45) is 0 Å². The molecule has 118 valence electrons. The van der Waals surface area contributed by atoms with Gasteiger partial charge >= 0.3 is 12.1 Å². The second-order valence-corrected chi connectivity index (χ2v) is 4.41. The van der Waals surface area contributed by atoms with E-state index in [1.54, 1.807) is 0 Å². The Kier molecular flexibility index (Phi) is 5.80. The SMILES string of the molecule is COC(=O)c1cc(NCCCCC(F)(F)F)c(F)cc1N. The van der Waals surface area contributed by atoms with E-state index in [-0.39, 0.29) is 36.3 Å². The molecule has 3 N–H and O–H groups in total. The zero-order chi connectivity index (χ0) is 16.0. The maximum Gasteiger partial charge on any atom is 0.389 e. The van der Waals surface area contributed by atoms with Crippen LogP contribution in [0, 0.1) is 5.82 Å². The summed E-state index contributed by atoms with van der Waals surface area (Å²) in [4.78, 5) is 11.4. The van der Waals surface area contributed by atoms with Crippen LogP contribution in [-0.4, -0.2) is 25.8 Å². The summed E-state index contributed by atoms with van der Waals surface area (Å²) >= 11 is 0. The fourth-order valence-electron chi connectivity index (χ4n) is 1.68. The van der Waals surface area contributed by atoms with Crippen molar-refractivity contribution in [2.75, 3.05) is 24.7 Å². The molecule has 0 saturated heterocycles. The van der Waals surface area contributed by atoms with Crippen molar-refractivity contribution in [3.8, 4) is 0 Å². The number of anilines is 2. The quantitative estimate of drug-likeness (QED) is 0.366. The Bertz CT molecular complexity index is 504. The number of benzene rings is 1. The molecule has 4 nitrogen and oxygen atoms in total. The molecule has 0 aliphatic carbocycles. The van der Waals surface area contributed by atoms with Crippen molar-refractivity contribution in [1.29, 1.82) is 0 Å². The van der Waals surface area contributed by atoms with Crippen LogP contribution in [0.3, 0.4) is 0 Å². The number of unbranched alkanes of at least 4 members (excludes halogenated alkanes) is 1. The van der Waals surface area contributed by atoms with E-state index >= 15 is 0 Å². The smallest absolute Gasteiger partial charge is 0.389 e. The van der Waals surface area contributed by atoms with E-state index in [1.807, 2.05) is 0 Å². The first-order valence-corrected chi connectivity index (χ1v) is 6.22. The third kappa shape index (κ3) is 5.49. The van der Waals surface area contributed by atoms with Crippen LogP contribution in [-0.2, 0) is 4.74 Å².